The second kappa shape index (κ2) is 5.50. The Labute approximate surface area is 84.2 Å². The molecule has 0 spiro atoms. The lowest BCUT2D eigenvalue weighted by molar-refractivity contribution is 0.503. The molecule has 0 N–H and O–H groups in total. The van der Waals surface area contributed by atoms with Crippen LogP contribution in [0.4, 0.5) is 0 Å². The lowest BCUT2D eigenvalue weighted by Gasteiger charge is -2.19. The Morgan fingerprint density at radius 3 is 2.09 bits per heavy atom. The molecule has 0 fully saturated rings. The Morgan fingerprint density at radius 2 is 1.73 bits per heavy atom. The van der Waals surface area contributed by atoms with Gasteiger partial charge in [0.2, 0.25) is 0 Å². The maximum Gasteiger partial charge on any atom is 0.193 e. The molecule has 11 heavy (non-hydrogen) atoms. The fourth-order valence-electron chi connectivity index (χ4n) is 0.864. The van der Waals surface area contributed by atoms with Gasteiger partial charge in [-0.3, -0.25) is 0 Å². The molecule has 0 bridgehead atoms. The quantitative estimate of drug-likeness (QED) is 0.478. The third-order valence-electron chi connectivity index (χ3n) is 1.80. The lowest BCUT2D eigenvalue weighted by Crippen LogP contribution is -2.15. The first-order valence-corrected chi connectivity index (χ1v) is 5.18. The Balaban J connectivity index is 3.44. The van der Waals surface area contributed by atoms with Crippen molar-refractivity contribution in [2.24, 2.45) is 5.92 Å². The Hall–Kier alpha value is 0.870. The molecular formula is C8H15Cl3. The van der Waals surface area contributed by atoms with E-state index in [9.17, 15) is 0 Å². The summed E-state index contributed by atoms with van der Waals surface area (Å²) in [6, 6.07) is 0. The first-order chi connectivity index (χ1) is 4.98. The van der Waals surface area contributed by atoms with Crippen molar-refractivity contribution in [3.8, 4) is 0 Å². The number of halogens is 3. The van der Waals surface area contributed by atoms with Crippen LogP contribution in [0.1, 0.15) is 39.5 Å². The van der Waals surface area contributed by atoms with Gasteiger partial charge in [-0.15, -0.1) is 0 Å². The molecule has 0 saturated carbocycles. The zero-order valence-corrected chi connectivity index (χ0v) is 9.31. The highest BCUT2D eigenvalue weighted by Gasteiger charge is 2.27. The first-order valence-electron chi connectivity index (χ1n) is 4.05. The first kappa shape index (κ1) is 11.9. The number of alkyl halides is 3. The van der Waals surface area contributed by atoms with Crippen LogP contribution < -0.4 is 0 Å². The molecule has 3 heteroatoms. The molecule has 0 aliphatic carbocycles. The van der Waals surface area contributed by atoms with Crippen molar-refractivity contribution >= 4 is 34.8 Å². The minimum Gasteiger partial charge on any atom is -0.0834 e. The molecule has 0 amide bonds. The van der Waals surface area contributed by atoms with E-state index in [1.165, 1.54) is 12.8 Å². The molecule has 0 rings (SSSR count). The summed E-state index contributed by atoms with van der Waals surface area (Å²) in [7, 11) is 0. The van der Waals surface area contributed by atoms with Crippen molar-refractivity contribution in [3.05, 3.63) is 0 Å². The summed E-state index contributed by atoms with van der Waals surface area (Å²) in [6.07, 6.45) is 4.60. The fourth-order valence-corrected chi connectivity index (χ4v) is 1.19. The van der Waals surface area contributed by atoms with Crippen molar-refractivity contribution in [2.45, 2.75) is 43.3 Å². The van der Waals surface area contributed by atoms with Gasteiger partial charge < -0.3 is 0 Å². The van der Waals surface area contributed by atoms with Crippen molar-refractivity contribution in [2.75, 3.05) is 0 Å². The van der Waals surface area contributed by atoms with Gasteiger partial charge in [0.1, 0.15) is 0 Å². The third-order valence-corrected chi connectivity index (χ3v) is 2.92. The number of hydrogen-bond acceptors (Lipinski definition) is 0. The molecule has 0 aliphatic heterocycles. The molecule has 0 saturated heterocycles. The van der Waals surface area contributed by atoms with E-state index >= 15 is 0 Å². The summed E-state index contributed by atoms with van der Waals surface area (Å²) in [6.45, 7) is 4.14. The summed E-state index contributed by atoms with van der Waals surface area (Å²) < 4.78 is -1.08. The topological polar surface area (TPSA) is 0 Å². The van der Waals surface area contributed by atoms with E-state index in [0.717, 1.165) is 12.8 Å². The second-order valence-corrected chi connectivity index (χ2v) is 5.31. The molecule has 1 atom stereocenters. The molecular weight excluding hydrogens is 202 g/mol. The molecule has 0 aromatic rings. The van der Waals surface area contributed by atoms with Crippen LogP contribution >= 0.6 is 34.8 Å². The lowest BCUT2D eigenvalue weighted by atomic mass is 10.1. The summed E-state index contributed by atoms with van der Waals surface area (Å²) in [4.78, 5) is 0. The molecule has 0 aliphatic rings. The maximum absolute atomic E-state index is 5.69. The molecule has 68 valence electrons. The van der Waals surface area contributed by atoms with Gasteiger partial charge in [0, 0.05) is 5.92 Å². The molecule has 0 nitrogen and oxygen atoms in total. The summed E-state index contributed by atoms with van der Waals surface area (Å²) in [5.41, 5.74) is 0. The number of hydrogen-bond donors (Lipinski definition) is 0. The summed E-state index contributed by atoms with van der Waals surface area (Å²) in [5.74, 6) is 0.166. The van der Waals surface area contributed by atoms with Crippen LogP contribution in [0.25, 0.3) is 0 Å². The van der Waals surface area contributed by atoms with E-state index in [-0.39, 0.29) is 5.92 Å². The average molecular weight is 218 g/mol. The normalized spacial score (nSPS) is 15.0. The highest BCUT2D eigenvalue weighted by molar-refractivity contribution is 6.67. The monoisotopic (exact) mass is 216 g/mol. The van der Waals surface area contributed by atoms with Gasteiger partial charge in [-0.1, -0.05) is 67.9 Å². The zero-order valence-electron chi connectivity index (χ0n) is 7.04. The predicted octanol–water partition coefficient (Wildman–Crippen LogP) is 4.57. The van der Waals surface area contributed by atoms with Crippen LogP contribution in [-0.4, -0.2) is 3.79 Å². The van der Waals surface area contributed by atoms with E-state index < -0.39 is 3.79 Å². The standard InChI is InChI=1S/C8H15Cl3/c1-3-4-5-6-7(2)8(9,10)11/h7H,3-6H2,1-2H3. The van der Waals surface area contributed by atoms with Gasteiger partial charge in [-0.05, 0) is 6.42 Å². The van der Waals surface area contributed by atoms with E-state index in [1.54, 1.807) is 0 Å². The summed E-state index contributed by atoms with van der Waals surface area (Å²) >= 11 is 17.1. The van der Waals surface area contributed by atoms with Crippen LogP contribution in [-0.2, 0) is 0 Å². The largest absolute Gasteiger partial charge is 0.193 e. The molecule has 0 heterocycles. The van der Waals surface area contributed by atoms with Crippen LogP contribution in [0.3, 0.4) is 0 Å². The SMILES string of the molecule is CCCCCC(C)C(Cl)(Cl)Cl. The van der Waals surface area contributed by atoms with Crippen molar-refractivity contribution in [3.63, 3.8) is 0 Å². The zero-order chi connectivity index (χ0) is 8.91. The predicted molar refractivity (Wildman–Crippen MR) is 53.6 cm³/mol. The number of unbranched alkanes of at least 4 members (excludes halogenated alkanes) is 2. The minimum atomic E-state index is -1.08. The van der Waals surface area contributed by atoms with Crippen LogP contribution in [0.2, 0.25) is 0 Å². The highest BCUT2D eigenvalue weighted by atomic mass is 35.6. The Morgan fingerprint density at radius 1 is 1.18 bits per heavy atom. The second-order valence-electron chi connectivity index (χ2n) is 2.94. The van der Waals surface area contributed by atoms with Crippen molar-refractivity contribution < 1.29 is 0 Å². The van der Waals surface area contributed by atoms with E-state index in [1.807, 2.05) is 6.92 Å². The third kappa shape index (κ3) is 6.07. The van der Waals surface area contributed by atoms with Crippen LogP contribution in [0.5, 0.6) is 0 Å². The highest BCUT2D eigenvalue weighted by Crippen LogP contribution is 2.37. The Kier molecular flexibility index (Phi) is 5.94. The van der Waals surface area contributed by atoms with E-state index in [2.05, 4.69) is 6.92 Å². The maximum atomic E-state index is 5.69. The molecule has 0 aromatic heterocycles. The van der Waals surface area contributed by atoms with Gasteiger partial charge in [0.25, 0.3) is 0 Å². The van der Waals surface area contributed by atoms with Gasteiger partial charge in [0.15, 0.2) is 3.79 Å². The number of rotatable bonds is 4. The summed E-state index contributed by atoms with van der Waals surface area (Å²) in [5, 5.41) is 0. The van der Waals surface area contributed by atoms with Gasteiger partial charge in [-0.25, -0.2) is 0 Å². The van der Waals surface area contributed by atoms with Gasteiger partial charge in [-0.2, -0.15) is 0 Å². The fraction of sp³-hybridized carbons (Fsp3) is 1.00. The van der Waals surface area contributed by atoms with Gasteiger partial charge >= 0.3 is 0 Å². The molecule has 0 aromatic carbocycles. The van der Waals surface area contributed by atoms with E-state index in [0.29, 0.717) is 0 Å². The van der Waals surface area contributed by atoms with E-state index in [4.69, 9.17) is 34.8 Å². The van der Waals surface area contributed by atoms with Crippen molar-refractivity contribution in [1.29, 1.82) is 0 Å². The van der Waals surface area contributed by atoms with Crippen LogP contribution in [0, 0.1) is 5.92 Å². The van der Waals surface area contributed by atoms with Gasteiger partial charge in [0.05, 0.1) is 0 Å². The van der Waals surface area contributed by atoms with Crippen LogP contribution in [0.15, 0.2) is 0 Å². The van der Waals surface area contributed by atoms with Crippen molar-refractivity contribution in [1.82, 2.24) is 0 Å². The Bertz CT molecular complexity index is 96.0. The molecule has 0 radical (unpaired) electrons. The average Bonchev–Trinajstić information content (AvgIpc) is 1.86. The smallest absolute Gasteiger partial charge is 0.0834 e. The molecule has 1 unspecified atom stereocenters. The minimum absolute atomic E-state index is 0.166.